The minimum Gasteiger partial charge on any atom is -0.369 e. The first-order valence-corrected chi connectivity index (χ1v) is 10.2. The van der Waals surface area contributed by atoms with Gasteiger partial charge in [0.25, 0.3) is 0 Å². The summed E-state index contributed by atoms with van der Waals surface area (Å²) in [6.45, 7) is 2.39. The molecule has 0 saturated carbocycles. The van der Waals surface area contributed by atoms with Crippen LogP contribution in [0, 0.1) is 18.3 Å². The van der Waals surface area contributed by atoms with E-state index < -0.39 is 10.0 Å². The van der Waals surface area contributed by atoms with Gasteiger partial charge in [-0.15, -0.1) is 0 Å². The summed E-state index contributed by atoms with van der Waals surface area (Å²) < 4.78 is 27.2. The number of pyridine rings is 1. The lowest BCUT2D eigenvalue weighted by Crippen LogP contribution is -2.29. The molecular weight excluding hydrogens is 390 g/mol. The number of rotatable bonds is 8. The molecule has 0 unspecified atom stereocenters. The zero-order valence-corrected chi connectivity index (χ0v) is 16.4. The summed E-state index contributed by atoms with van der Waals surface area (Å²) in [6, 6.07) is 13.4. The van der Waals surface area contributed by atoms with E-state index in [0.29, 0.717) is 24.0 Å². The molecule has 10 heteroatoms. The first-order chi connectivity index (χ1) is 14.0. The minimum atomic E-state index is -3.78. The van der Waals surface area contributed by atoms with Crippen LogP contribution in [0.4, 0.5) is 17.5 Å². The van der Waals surface area contributed by atoms with E-state index in [1.807, 2.05) is 25.1 Å². The molecule has 3 rings (SSSR count). The molecule has 0 atom stereocenters. The van der Waals surface area contributed by atoms with Crippen LogP contribution in [0.2, 0.25) is 0 Å². The number of nitrogens with one attached hydrogen (secondary N) is 3. The van der Waals surface area contributed by atoms with E-state index in [1.54, 1.807) is 24.4 Å². The Kier molecular flexibility index (Phi) is 6.33. The molecule has 0 aliphatic rings. The number of anilines is 3. The highest BCUT2D eigenvalue weighted by Crippen LogP contribution is 2.15. The normalized spacial score (nSPS) is 10.9. The Morgan fingerprint density at radius 3 is 2.55 bits per heavy atom. The summed E-state index contributed by atoms with van der Waals surface area (Å²) in [7, 11) is -3.78. The number of nitriles is 1. The summed E-state index contributed by atoms with van der Waals surface area (Å²) >= 11 is 0. The van der Waals surface area contributed by atoms with Gasteiger partial charge in [0.2, 0.25) is 10.0 Å². The molecule has 0 radical (unpaired) electrons. The van der Waals surface area contributed by atoms with Gasteiger partial charge in [-0.25, -0.2) is 28.1 Å². The molecule has 1 aromatic carbocycles. The van der Waals surface area contributed by atoms with E-state index in [1.165, 1.54) is 18.5 Å². The quantitative estimate of drug-likeness (QED) is 0.482. The maximum absolute atomic E-state index is 12.4. The van der Waals surface area contributed by atoms with Crippen LogP contribution in [0.5, 0.6) is 0 Å². The van der Waals surface area contributed by atoms with E-state index in [0.717, 1.165) is 5.56 Å². The van der Waals surface area contributed by atoms with Gasteiger partial charge in [0.1, 0.15) is 29.9 Å². The third kappa shape index (κ3) is 5.47. The summed E-state index contributed by atoms with van der Waals surface area (Å²) in [5.41, 5.74) is 1.17. The van der Waals surface area contributed by atoms with Crippen molar-refractivity contribution in [2.45, 2.75) is 11.8 Å². The fourth-order valence-corrected chi connectivity index (χ4v) is 3.69. The fraction of sp³-hybridized carbons (Fsp3) is 0.158. The van der Waals surface area contributed by atoms with Gasteiger partial charge in [-0.2, -0.15) is 5.26 Å². The van der Waals surface area contributed by atoms with Crippen molar-refractivity contribution < 1.29 is 8.42 Å². The predicted octanol–water partition coefficient (Wildman–Crippen LogP) is 2.19. The van der Waals surface area contributed by atoms with Crippen LogP contribution >= 0.6 is 0 Å². The molecule has 29 heavy (non-hydrogen) atoms. The summed E-state index contributed by atoms with van der Waals surface area (Å²) in [5.74, 6) is 1.76. The van der Waals surface area contributed by atoms with Crippen LogP contribution in [-0.2, 0) is 10.0 Å². The Bertz CT molecular complexity index is 1140. The summed E-state index contributed by atoms with van der Waals surface area (Å²) in [4.78, 5) is 12.4. The van der Waals surface area contributed by atoms with E-state index in [2.05, 4.69) is 30.3 Å². The molecular formula is C19H19N7O2S. The van der Waals surface area contributed by atoms with E-state index in [9.17, 15) is 8.42 Å². The van der Waals surface area contributed by atoms with Crippen LogP contribution in [0.25, 0.3) is 0 Å². The first kappa shape index (κ1) is 20.2. The molecule has 0 fully saturated rings. The van der Waals surface area contributed by atoms with E-state index in [4.69, 9.17) is 5.26 Å². The molecule has 0 amide bonds. The van der Waals surface area contributed by atoms with Crippen LogP contribution in [-0.4, -0.2) is 36.5 Å². The van der Waals surface area contributed by atoms with Gasteiger partial charge in [0.15, 0.2) is 0 Å². The first-order valence-electron chi connectivity index (χ1n) is 8.72. The van der Waals surface area contributed by atoms with E-state index in [-0.39, 0.29) is 17.0 Å². The zero-order chi connectivity index (χ0) is 20.7. The molecule has 2 heterocycles. The van der Waals surface area contributed by atoms with Crippen molar-refractivity contribution in [3.63, 3.8) is 0 Å². The van der Waals surface area contributed by atoms with Crippen molar-refractivity contribution >= 4 is 27.5 Å². The Hall–Kier alpha value is -3.55. The molecule has 3 N–H and O–H groups in total. The lowest BCUT2D eigenvalue weighted by molar-refractivity contribution is 0.582. The average Bonchev–Trinajstić information content (AvgIpc) is 2.71. The molecule has 3 aromatic rings. The zero-order valence-electron chi connectivity index (χ0n) is 15.6. The van der Waals surface area contributed by atoms with E-state index >= 15 is 0 Å². The second-order valence-corrected chi connectivity index (χ2v) is 7.80. The largest absolute Gasteiger partial charge is 0.369 e. The number of nitrogens with zero attached hydrogens (tertiary/aromatic N) is 4. The van der Waals surface area contributed by atoms with Crippen LogP contribution < -0.4 is 15.4 Å². The monoisotopic (exact) mass is 409 g/mol. The van der Waals surface area contributed by atoms with Gasteiger partial charge >= 0.3 is 0 Å². The lowest BCUT2D eigenvalue weighted by Gasteiger charge is -2.10. The third-order valence-electron chi connectivity index (χ3n) is 3.86. The van der Waals surface area contributed by atoms with Crippen LogP contribution in [0.1, 0.15) is 11.1 Å². The summed E-state index contributed by atoms with van der Waals surface area (Å²) in [5, 5.41) is 15.2. The number of aromatic nitrogens is 3. The lowest BCUT2D eigenvalue weighted by atomic mass is 10.2. The third-order valence-corrected chi connectivity index (χ3v) is 5.38. The topological polar surface area (TPSA) is 133 Å². The second-order valence-electron chi connectivity index (χ2n) is 6.06. The molecule has 0 bridgehead atoms. The maximum Gasteiger partial charge on any atom is 0.241 e. The molecule has 0 aliphatic heterocycles. The highest BCUT2D eigenvalue weighted by Gasteiger charge is 2.17. The fourth-order valence-electron chi connectivity index (χ4n) is 2.51. The van der Waals surface area contributed by atoms with Gasteiger partial charge in [-0.05, 0) is 36.8 Å². The SMILES string of the molecule is Cc1ccnc(Nc2cc(NCCNS(=O)(=O)c3ccccc3C#N)ncn2)c1. The summed E-state index contributed by atoms with van der Waals surface area (Å²) in [6.07, 6.45) is 3.10. The Labute approximate surface area is 168 Å². The van der Waals surface area contributed by atoms with Crippen molar-refractivity contribution in [3.05, 3.63) is 66.1 Å². The predicted molar refractivity (Wildman–Crippen MR) is 109 cm³/mol. The van der Waals surface area contributed by atoms with Crippen molar-refractivity contribution in [1.29, 1.82) is 5.26 Å². The molecule has 148 valence electrons. The van der Waals surface area contributed by atoms with Crippen molar-refractivity contribution in [2.75, 3.05) is 23.7 Å². The van der Waals surface area contributed by atoms with Gasteiger partial charge in [-0.1, -0.05) is 12.1 Å². The van der Waals surface area contributed by atoms with Gasteiger partial charge in [0, 0.05) is 25.4 Å². The minimum absolute atomic E-state index is 0.0401. The van der Waals surface area contributed by atoms with Crippen LogP contribution in [0.3, 0.4) is 0 Å². The Morgan fingerprint density at radius 1 is 1.00 bits per heavy atom. The van der Waals surface area contributed by atoms with Crippen molar-refractivity contribution in [3.8, 4) is 6.07 Å². The number of sulfonamides is 1. The highest BCUT2D eigenvalue weighted by atomic mass is 32.2. The van der Waals surface area contributed by atoms with Gasteiger partial charge in [-0.3, -0.25) is 0 Å². The maximum atomic E-state index is 12.4. The molecule has 9 nitrogen and oxygen atoms in total. The van der Waals surface area contributed by atoms with Gasteiger partial charge < -0.3 is 10.6 Å². The molecule has 2 aromatic heterocycles. The van der Waals surface area contributed by atoms with Gasteiger partial charge in [0.05, 0.1) is 10.5 Å². The molecule has 0 spiro atoms. The highest BCUT2D eigenvalue weighted by molar-refractivity contribution is 7.89. The number of aryl methyl sites for hydroxylation is 1. The number of hydrogen-bond acceptors (Lipinski definition) is 8. The number of hydrogen-bond donors (Lipinski definition) is 3. The van der Waals surface area contributed by atoms with Crippen molar-refractivity contribution in [2.24, 2.45) is 0 Å². The second kappa shape index (κ2) is 9.09. The standard InChI is InChI=1S/C19H19N7O2S/c1-14-6-7-21-18(10-14)26-19-11-17(23-13-24-19)22-8-9-25-29(27,28)16-5-3-2-4-15(16)12-20/h2-7,10-11,13,25H,8-9H2,1H3,(H2,21,22,23,24,26). The molecule has 0 saturated heterocycles. The Balaban J connectivity index is 1.56. The molecule has 0 aliphatic carbocycles. The average molecular weight is 409 g/mol. The van der Waals surface area contributed by atoms with Crippen molar-refractivity contribution in [1.82, 2.24) is 19.7 Å². The van der Waals surface area contributed by atoms with Crippen LogP contribution in [0.15, 0.2) is 59.9 Å². The Morgan fingerprint density at radius 2 is 1.76 bits per heavy atom. The number of benzene rings is 1. The smallest absolute Gasteiger partial charge is 0.241 e.